The Labute approximate surface area is 234 Å². The number of hydrogen-bond donors (Lipinski definition) is 1. The van der Waals surface area contributed by atoms with Gasteiger partial charge in [-0.05, 0) is 100 Å². The van der Waals surface area contributed by atoms with Crippen LogP contribution >= 0.6 is 11.6 Å². The number of amides is 1. The number of aromatic nitrogens is 1. The van der Waals surface area contributed by atoms with E-state index in [2.05, 4.69) is 15.1 Å². The molecular weight excluding hydrogens is 532 g/mol. The lowest BCUT2D eigenvalue weighted by molar-refractivity contribution is -0.119. The Bertz CT molecular complexity index is 1620. The van der Waals surface area contributed by atoms with Gasteiger partial charge in [-0.25, -0.2) is 13.8 Å². The quantitative estimate of drug-likeness (QED) is 0.210. The molecule has 3 aromatic carbocycles. The van der Waals surface area contributed by atoms with Crippen molar-refractivity contribution < 1.29 is 13.2 Å². The smallest absolute Gasteiger partial charge is 0.264 e. The highest BCUT2D eigenvalue weighted by Gasteiger charge is 2.27. The Hall–Kier alpha value is -3.88. The molecule has 39 heavy (non-hydrogen) atoms. The largest absolute Gasteiger partial charge is 0.318 e. The molecule has 0 aliphatic heterocycles. The van der Waals surface area contributed by atoms with Crippen molar-refractivity contribution in [3.63, 3.8) is 0 Å². The van der Waals surface area contributed by atoms with E-state index in [0.717, 1.165) is 43.6 Å². The molecule has 0 spiro atoms. The van der Waals surface area contributed by atoms with Crippen molar-refractivity contribution >= 4 is 39.4 Å². The number of sulfonamides is 1. The van der Waals surface area contributed by atoms with E-state index >= 15 is 0 Å². The van der Waals surface area contributed by atoms with Gasteiger partial charge in [-0.1, -0.05) is 35.4 Å². The van der Waals surface area contributed by atoms with E-state index in [1.54, 1.807) is 42.6 Å². The maximum absolute atomic E-state index is 13.6. The molecule has 0 atom stereocenters. The number of halogens is 1. The van der Waals surface area contributed by atoms with Gasteiger partial charge >= 0.3 is 0 Å². The molecular formula is C30H31ClN4O3S. The van der Waals surface area contributed by atoms with Gasteiger partial charge in [-0.2, -0.15) is 5.10 Å². The minimum atomic E-state index is -4.01. The zero-order valence-electron chi connectivity index (χ0n) is 22.6. The SMILES string of the molecule is Cc1ccc(S(=O)(=O)N(CC(=O)N/N=C\c2cc(C)n(-c3ccc(Cl)cc3)c2C)c2cc(C)cc(C)c2)cc1. The Morgan fingerprint density at radius 1 is 0.897 bits per heavy atom. The van der Waals surface area contributed by atoms with Crippen LogP contribution in [0, 0.1) is 34.6 Å². The van der Waals surface area contributed by atoms with Gasteiger partial charge in [0.05, 0.1) is 16.8 Å². The lowest BCUT2D eigenvalue weighted by atomic mass is 10.1. The molecule has 0 fully saturated rings. The highest BCUT2D eigenvalue weighted by atomic mass is 35.5. The third-order valence-electron chi connectivity index (χ3n) is 6.34. The van der Waals surface area contributed by atoms with E-state index in [9.17, 15) is 13.2 Å². The van der Waals surface area contributed by atoms with Gasteiger partial charge in [0.1, 0.15) is 6.54 Å². The van der Waals surface area contributed by atoms with E-state index < -0.39 is 22.5 Å². The van der Waals surface area contributed by atoms with Crippen molar-refractivity contribution in [3.05, 3.63) is 111 Å². The summed E-state index contributed by atoms with van der Waals surface area (Å²) in [5.41, 5.74) is 9.35. The Morgan fingerprint density at radius 2 is 1.51 bits per heavy atom. The topological polar surface area (TPSA) is 83.8 Å². The summed E-state index contributed by atoms with van der Waals surface area (Å²) in [6.07, 6.45) is 1.56. The van der Waals surface area contributed by atoms with Crippen LogP contribution in [0.1, 0.15) is 33.6 Å². The number of carbonyl (C=O) groups is 1. The van der Waals surface area contributed by atoms with Crippen LogP contribution in [-0.4, -0.2) is 31.7 Å². The third-order valence-corrected chi connectivity index (χ3v) is 8.38. The van der Waals surface area contributed by atoms with Crippen molar-refractivity contribution in [1.29, 1.82) is 0 Å². The molecule has 1 aromatic heterocycles. The molecule has 0 saturated carbocycles. The fourth-order valence-corrected chi connectivity index (χ4v) is 6.02. The molecule has 0 aliphatic rings. The van der Waals surface area contributed by atoms with E-state index in [-0.39, 0.29) is 4.90 Å². The normalized spacial score (nSPS) is 11.6. The van der Waals surface area contributed by atoms with E-state index in [4.69, 9.17) is 11.6 Å². The molecule has 0 saturated heterocycles. The number of hydrazone groups is 1. The predicted molar refractivity (Wildman–Crippen MR) is 158 cm³/mol. The van der Waals surface area contributed by atoms with Crippen LogP contribution in [0.25, 0.3) is 5.69 Å². The second-order valence-corrected chi connectivity index (χ2v) is 11.9. The van der Waals surface area contributed by atoms with E-state index in [1.165, 1.54) is 0 Å². The van der Waals surface area contributed by atoms with Gasteiger partial charge in [0.2, 0.25) is 0 Å². The number of rotatable bonds is 8. The summed E-state index contributed by atoms with van der Waals surface area (Å²) in [7, 11) is -4.01. The second kappa shape index (κ2) is 11.5. The van der Waals surface area contributed by atoms with Crippen molar-refractivity contribution in [1.82, 2.24) is 9.99 Å². The molecule has 4 rings (SSSR count). The fourth-order valence-electron chi connectivity index (χ4n) is 4.49. The number of nitrogens with zero attached hydrogens (tertiary/aromatic N) is 3. The fraction of sp³-hybridized carbons (Fsp3) is 0.200. The molecule has 1 heterocycles. The third kappa shape index (κ3) is 6.41. The zero-order chi connectivity index (χ0) is 28.3. The number of carbonyl (C=O) groups excluding carboxylic acids is 1. The second-order valence-electron chi connectivity index (χ2n) is 9.60. The molecule has 1 amide bonds. The van der Waals surface area contributed by atoms with Crippen LogP contribution in [0.3, 0.4) is 0 Å². The molecule has 9 heteroatoms. The molecule has 202 valence electrons. The molecule has 0 aliphatic carbocycles. The number of benzene rings is 3. The standard InChI is InChI=1S/C30H31ClN4O3S/c1-20-6-12-29(13-7-20)39(37,38)34(28-15-21(2)14-22(3)16-28)19-30(36)33-32-18-25-17-23(4)35(24(25)5)27-10-8-26(31)9-11-27/h6-18H,19H2,1-5H3,(H,33,36)/b32-18-. The summed E-state index contributed by atoms with van der Waals surface area (Å²) >= 11 is 6.03. The first-order chi connectivity index (χ1) is 18.5. The lowest BCUT2D eigenvalue weighted by Gasteiger charge is -2.24. The van der Waals surface area contributed by atoms with Crippen LogP contribution in [0.5, 0.6) is 0 Å². The van der Waals surface area contributed by atoms with Gasteiger partial charge < -0.3 is 4.57 Å². The molecule has 4 aromatic rings. The highest BCUT2D eigenvalue weighted by Crippen LogP contribution is 2.26. The minimum Gasteiger partial charge on any atom is -0.318 e. The number of aryl methyl sites for hydroxylation is 4. The average Bonchev–Trinajstić information content (AvgIpc) is 3.15. The summed E-state index contributed by atoms with van der Waals surface area (Å²) in [5.74, 6) is -0.562. The van der Waals surface area contributed by atoms with Gasteiger partial charge in [0.15, 0.2) is 0 Å². The van der Waals surface area contributed by atoms with Crippen LogP contribution in [0.15, 0.2) is 82.8 Å². The van der Waals surface area contributed by atoms with Gasteiger partial charge in [0.25, 0.3) is 15.9 Å². The Morgan fingerprint density at radius 3 is 2.13 bits per heavy atom. The van der Waals surface area contributed by atoms with Gasteiger partial charge in [0, 0.05) is 27.7 Å². The summed E-state index contributed by atoms with van der Waals surface area (Å²) in [4.78, 5) is 13.1. The van der Waals surface area contributed by atoms with Gasteiger partial charge in [-0.3, -0.25) is 9.10 Å². The molecule has 0 bridgehead atoms. The molecule has 7 nitrogen and oxygen atoms in total. The number of nitrogens with one attached hydrogen (secondary N) is 1. The molecule has 0 radical (unpaired) electrons. The summed E-state index contributed by atoms with van der Waals surface area (Å²) in [5, 5.41) is 4.79. The van der Waals surface area contributed by atoms with Crippen molar-refractivity contribution in [2.45, 2.75) is 39.5 Å². The highest BCUT2D eigenvalue weighted by molar-refractivity contribution is 7.92. The lowest BCUT2D eigenvalue weighted by Crippen LogP contribution is -2.39. The van der Waals surface area contributed by atoms with Crippen LogP contribution in [0.4, 0.5) is 5.69 Å². The zero-order valence-corrected chi connectivity index (χ0v) is 24.1. The van der Waals surface area contributed by atoms with Crippen molar-refractivity contribution in [3.8, 4) is 5.69 Å². The Balaban J connectivity index is 1.57. The van der Waals surface area contributed by atoms with Crippen molar-refractivity contribution in [2.75, 3.05) is 10.8 Å². The molecule has 1 N–H and O–H groups in total. The maximum Gasteiger partial charge on any atom is 0.264 e. The van der Waals surface area contributed by atoms with Crippen LogP contribution in [-0.2, 0) is 14.8 Å². The first-order valence-electron chi connectivity index (χ1n) is 12.4. The first kappa shape index (κ1) is 28.1. The molecule has 0 unspecified atom stereocenters. The number of anilines is 1. The monoisotopic (exact) mass is 562 g/mol. The van der Waals surface area contributed by atoms with Crippen molar-refractivity contribution in [2.24, 2.45) is 5.10 Å². The van der Waals surface area contributed by atoms with E-state index in [0.29, 0.717) is 10.7 Å². The summed E-state index contributed by atoms with van der Waals surface area (Å²) < 4.78 is 30.5. The van der Waals surface area contributed by atoms with Gasteiger partial charge in [-0.15, -0.1) is 0 Å². The number of hydrogen-bond acceptors (Lipinski definition) is 4. The van der Waals surface area contributed by atoms with Crippen LogP contribution in [0.2, 0.25) is 5.02 Å². The average molecular weight is 563 g/mol. The summed E-state index contributed by atoms with van der Waals surface area (Å²) in [6.45, 7) is 9.17. The summed E-state index contributed by atoms with van der Waals surface area (Å²) in [6, 6.07) is 21.5. The Kier molecular flexibility index (Phi) is 8.28. The first-order valence-corrected chi connectivity index (χ1v) is 14.2. The predicted octanol–water partition coefficient (Wildman–Crippen LogP) is 6.02. The van der Waals surface area contributed by atoms with E-state index in [1.807, 2.05) is 71.0 Å². The maximum atomic E-state index is 13.6. The van der Waals surface area contributed by atoms with Crippen LogP contribution < -0.4 is 9.73 Å². The minimum absolute atomic E-state index is 0.109.